The summed E-state index contributed by atoms with van der Waals surface area (Å²) in [7, 11) is 0. The number of nitrogens with zero attached hydrogens (tertiary/aromatic N) is 1. The number of ketones is 1. The zero-order valence-corrected chi connectivity index (χ0v) is 7.62. The molecular formula is C9H13NO3. The molecule has 1 N–H and O–H groups in total. The zero-order valence-electron chi connectivity index (χ0n) is 7.62. The Hall–Kier alpha value is -1.03. The van der Waals surface area contributed by atoms with Crippen molar-refractivity contribution in [2.24, 2.45) is 4.99 Å². The van der Waals surface area contributed by atoms with E-state index in [1.54, 1.807) is 0 Å². The average Bonchev–Trinajstić information content (AvgIpc) is 2.08. The molecule has 0 bridgehead atoms. The van der Waals surface area contributed by atoms with Crippen molar-refractivity contribution < 1.29 is 14.7 Å². The van der Waals surface area contributed by atoms with Gasteiger partial charge in [0.2, 0.25) is 5.78 Å². The Morgan fingerprint density at radius 1 is 1.38 bits per heavy atom. The second-order valence-electron chi connectivity index (χ2n) is 3.27. The highest BCUT2D eigenvalue weighted by Gasteiger charge is 2.16. The largest absolute Gasteiger partial charge is 0.393 e. The molecule has 1 aliphatic carbocycles. The molecule has 13 heavy (non-hydrogen) atoms. The molecule has 0 saturated heterocycles. The fraction of sp³-hybridized carbons (Fsp3) is 0.667. The lowest BCUT2D eigenvalue weighted by molar-refractivity contribution is -0.134. The summed E-state index contributed by atoms with van der Waals surface area (Å²) >= 11 is 0. The quantitative estimate of drug-likeness (QED) is 0.601. The molecule has 1 aliphatic rings. The van der Waals surface area contributed by atoms with Crippen LogP contribution in [0.25, 0.3) is 0 Å². The molecule has 0 aromatic carbocycles. The first-order valence-corrected chi connectivity index (χ1v) is 4.39. The molecule has 0 unspecified atom stereocenters. The van der Waals surface area contributed by atoms with Crippen LogP contribution in [0.1, 0.15) is 32.6 Å². The van der Waals surface area contributed by atoms with Gasteiger partial charge in [0.1, 0.15) is 0 Å². The van der Waals surface area contributed by atoms with E-state index in [2.05, 4.69) is 4.99 Å². The smallest absolute Gasteiger partial charge is 0.312 e. The number of hydrogen-bond donors (Lipinski definition) is 1. The number of rotatable bonds is 1. The lowest BCUT2D eigenvalue weighted by atomic mass is 9.96. The van der Waals surface area contributed by atoms with Crippen LogP contribution in [0.3, 0.4) is 0 Å². The first-order chi connectivity index (χ1) is 6.09. The van der Waals surface area contributed by atoms with Gasteiger partial charge in [0, 0.05) is 12.6 Å². The number of Topliss-reactive ketones (excluding diaryl/α,β-unsaturated/α-hetero) is 1. The average molecular weight is 183 g/mol. The minimum atomic E-state index is -0.675. The van der Waals surface area contributed by atoms with Gasteiger partial charge in [-0.25, -0.2) is 4.99 Å². The van der Waals surface area contributed by atoms with Gasteiger partial charge in [0.15, 0.2) is 0 Å². The normalized spacial score (nSPS) is 22.6. The zero-order chi connectivity index (χ0) is 9.84. The first-order valence-electron chi connectivity index (χ1n) is 4.39. The van der Waals surface area contributed by atoms with Crippen molar-refractivity contribution >= 4 is 17.4 Å². The summed E-state index contributed by atoms with van der Waals surface area (Å²) in [6.07, 6.45) is 2.26. The SMILES string of the molecule is CC(=O)C(=O)N=C1CCC(O)CC1. The van der Waals surface area contributed by atoms with Crippen molar-refractivity contribution in [2.75, 3.05) is 0 Å². The van der Waals surface area contributed by atoms with Crippen LogP contribution in [0.4, 0.5) is 0 Å². The summed E-state index contributed by atoms with van der Waals surface area (Å²) in [5.41, 5.74) is 0.741. The topological polar surface area (TPSA) is 66.7 Å². The van der Waals surface area contributed by atoms with Crippen molar-refractivity contribution in [3.05, 3.63) is 0 Å². The van der Waals surface area contributed by atoms with E-state index in [1.165, 1.54) is 6.92 Å². The van der Waals surface area contributed by atoms with E-state index in [1.807, 2.05) is 0 Å². The number of aliphatic hydroxyl groups is 1. The number of carbonyl (C=O) groups is 2. The fourth-order valence-corrected chi connectivity index (χ4v) is 1.27. The van der Waals surface area contributed by atoms with Crippen molar-refractivity contribution in [1.29, 1.82) is 0 Å². The van der Waals surface area contributed by atoms with Crippen molar-refractivity contribution in [3.8, 4) is 0 Å². The first kappa shape index (κ1) is 10.1. The monoisotopic (exact) mass is 183 g/mol. The van der Waals surface area contributed by atoms with Gasteiger partial charge in [0.25, 0.3) is 0 Å². The molecule has 0 aromatic heterocycles. The Bertz CT molecular complexity index is 248. The van der Waals surface area contributed by atoms with E-state index < -0.39 is 11.7 Å². The predicted octanol–water partition coefficient (Wildman–Crippen LogP) is 0.478. The van der Waals surface area contributed by atoms with Gasteiger partial charge < -0.3 is 5.11 Å². The second-order valence-corrected chi connectivity index (χ2v) is 3.27. The van der Waals surface area contributed by atoms with Gasteiger partial charge in [-0.3, -0.25) is 9.59 Å². The summed E-state index contributed by atoms with van der Waals surface area (Å²) in [5.74, 6) is -1.20. The molecule has 0 atom stereocenters. The third kappa shape index (κ3) is 3.06. The molecule has 0 aliphatic heterocycles. The Morgan fingerprint density at radius 2 is 1.92 bits per heavy atom. The number of aliphatic imine (C=N–C) groups is 1. The van der Waals surface area contributed by atoms with Crippen LogP contribution in [0.15, 0.2) is 4.99 Å². The molecule has 4 nitrogen and oxygen atoms in total. The molecule has 1 rings (SSSR count). The number of carbonyl (C=O) groups excluding carboxylic acids is 2. The lowest BCUT2D eigenvalue weighted by Gasteiger charge is -2.17. The Labute approximate surface area is 76.7 Å². The number of amides is 1. The maximum absolute atomic E-state index is 10.9. The Morgan fingerprint density at radius 3 is 2.38 bits per heavy atom. The van der Waals surface area contributed by atoms with Crippen LogP contribution in [0, 0.1) is 0 Å². The van der Waals surface area contributed by atoms with Crippen LogP contribution in [-0.2, 0) is 9.59 Å². The standard InChI is InChI=1S/C9H13NO3/c1-6(11)9(13)10-7-2-4-8(12)5-3-7/h8,12H,2-5H2,1H3. The van der Waals surface area contributed by atoms with Gasteiger partial charge in [-0.15, -0.1) is 0 Å². The third-order valence-corrected chi connectivity index (χ3v) is 2.09. The predicted molar refractivity (Wildman–Crippen MR) is 47.6 cm³/mol. The van der Waals surface area contributed by atoms with Gasteiger partial charge in [-0.05, 0) is 25.7 Å². The van der Waals surface area contributed by atoms with Crippen molar-refractivity contribution in [1.82, 2.24) is 0 Å². The van der Waals surface area contributed by atoms with Crippen molar-refractivity contribution in [2.45, 2.75) is 38.7 Å². The summed E-state index contributed by atoms with van der Waals surface area (Å²) < 4.78 is 0. The molecule has 1 fully saturated rings. The van der Waals surface area contributed by atoms with Gasteiger partial charge >= 0.3 is 5.91 Å². The maximum Gasteiger partial charge on any atom is 0.312 e. The molecular weight excluding hydrogens is 170 g/mol. The molecule has 0 radical (unpaired) electrons. The molecule has 1 amide bonds. The number of hydrogen-bond acceptors (Lipinski definition) is 3. The van der Waals surface area contributed by atoms with Crippen LogP contribution < -0.4 is 0 Å². The molecule has 72 valence electrons. The van der Waals surface area contributed by atoms with Gasteiger partial charge in [0.05, 0.1) is 6.10 Å². The van der Waals surface area contributed by atoms with E-state index in [0.717, 1.165) is 5.71 Å². The Balaban J connectivity index is 2.53. The summed E-state index contributed by atoms with van der Waals surface area (Å²) in [6, 6.07) is 0. The minimum absolute atomic E-state index is 0.272. The maximum atomic E-state index is 10.9. The summed E-state index contributed by atoms with van der Waals surface area (Å²) in [5, 5.41) is 9.16. The molecule has 0 heterocycles. The molecule has 0 spiro atoms. The fourth-order valence-electron chi connectivity index (χ4n) is 1.27. The highest BCUT2D eigenvalue weighted by atomic mass is 16.3. The van der Waals surface area contributed by atoms with Crippen molar-refractivity contribution in [3.63, 3.8) is 0 Å². The minimum Gasteiger partial charge on any atom is -0.393 e. The summed E-state index contributed by atoms with van der Waals surface area (Å²) in [6.45, 7) is 1.21. The summed E-state index contributed by atoms with van der Waals surface area (Å²) in [4.78, 5) is 25.2. The van der Waals surface area contributed by atoms with Crippen LogP contribution in [-0.4, -0.2) is 28.6 Å². The van der Waals surface area contributed by atoms with Crippen LogP contribution in [0.5, 0.6) is 0 Å². The van der Waals surface area contributed by atoms with E-state index in [4.69, 9.17) is 5.11 Å². The van der Waals surface area contributed by atoms with Gasteiger partial charge in [-0.2, -0.15) is 0 Å². The number of aliphatic hydroxyl groups excluding tert-OH is 1. The van der Waals surface area contributed by atoms with E-state index in [-0.39, 0.29) is 6.10 Å². The Kier molecular flexibility index (Phi) is 3.31. The third-order valence-electron chi connectivity index (χ3n) is 2.09. The lowest BCUT2D eigenvalue weighted by Crippen LogP contribution is -2.20. The van der Waals surface area contributed by atoms with E-state index >= 15 is 0 Å². The van der Waals surface area contributed by atoms with E-state index in [9.17, 15) is 9.59 Å². The molecule has 0 aromatic rings. The van der Waals surface area contributed by atoms with Crippen LogP contribution in [0.2, 0.25) is 0 Å². The van der Waals surface area contributed by atoms with Gasteiger partial charge in [-0.1, -0.05) is 0 Å². The molecule has 1 saturated carbocycles. The second kappa shape index (κ2) is 4.28. The van der Waals surface area contributed by atoms with E-state index in [0.29, 0.717) is 25.7 Å². The highest BCUT2D eigenvalue weighted by molar-refractivity contribution is 6.37. The van der Waals surface area contributed by atoms with Crippen LogP contribution >= 0.6 is 0 Å². The highest BCUT2D eigenvalue weighted by Crippen LogP contribution is 2.15. The molecule has 4 heteroatoms.